The molecular formula is C14H27NO2S. The number of hydrogen-bond acceptors (Lipinski definition) is 4. The first-order chi connectivity index (χ1) is 8.67. The Balaban J connectivity index is 2.34. The molecule has 3 nitrogen and oxygen atoms in total. The van der Waals surface area contributed by atoms with Crippen molar-refractivity contribution in [3.8, 4) is 0 Å². The van der Waals surface area contributed by atoms with E-state index in [-0.39, 0.29) is 12.0 Å². The molecule has 0 radical (unpaired) electrons. The normalized spacial score (nSPS) is 25.7. The molecule has 18 heavy (non-hydrogen) atoms. The lowest BCUT2D eigenvalue weighted by Gasteiger charge is -2.27. The van der Waals surface area contributed by atoms with Crippen molar-refractivity contribution in [2.45, 2.75) is 57.7 Å². The summed E-state index contributed by atoms with van der Waals surface area (Å²) < 4.78 is 5.10. The zero-order valence-corrected chi connectivity index (χ0v) is 12.7. The number of nitrogens with one attached hydrogen (secondary N) is 1. The van der Waals surface area contributed by atoms with Crippen molar-refractivity contribution in [1.29, 1.82) is 0 Å². The molecule has 1 rings (SSSR count). The van der Waals surface area contributed by atoms with Crippen molar-refractivity contribution in [3.05, 3.63) is 0 Å². The van der Waals surface area contributed by atoms with Crippen LogP contribution in [0, 0.1) is 5.92 Å². The average molecular weight is 273 g/mol. The first-order valence-corrected chi connectivity index (χ1v) is 8.23. The van der Waals surface area contributed by atoms with E-state index in [0.29, 0.717) is 6.61 Å². The molecule has 1 fully saturated rings. The summed E-state index contributed by atoms with van der Waals surface area (Å²) in [6.07, 6.45) is 5.30. The third-order valence-corrected chi connectivity index (χ3v) is 4.83. The summed E-state index contributed by atoms with van der Waals surface area (Å²) in [6.45, 7) is 7.49. The quantitative estimate of drug-likeness (QED) is 0.724. The maximum atomic E-state index is 11.8. The molecule has 3 atom stereocenters. The fourth-order valence-corrected chi connectivity index (χ4v) is 3.98. The minimum atomic E-state index is -0.141. The van der Waals surface area contributed by atoms with Gasteiger partial charge in [-0.2, -0.15) is 11.8 Å². The van der Waals surface area contributed by atoms with Gasteiger partial charge in [-0.3, -0.25) is 4.79 Å². The lowest BCUT2D eigenvalue weighted by atomic mass is 9.91. The fourth-order valence-electron chi connectivity index (χ4n) is 2.46. The summed E-state index contributed by atoms with van der Waals surface area (Å²) in [6, 6.07) is -0.141. The van der Waals surface area contributed by atoms with Crippen molar-refractivity contribution >= 4 is 17.7 Å². The van der Waals surface area contributed by atoms with Crippen LogP contribution in [0.1, 0.15) is 46.5 Å². The Morgan fingerprint density at radius 2 is 2.22 bits per heavy atom. The number of carbonyl (C=O) groups is 1. The van der Waals surface area contributed by atoms with Gasteiger partial charge in [0.2, 0.25) is 0 Å². The molecular weight excluding hydrogens is 246 g/mol. The minimum absolute atomic E-state index is 0.101. The van der Waals surface area contributed by atoms with Gasteiger partial charge in [-0.05, 0) is 32.2 Å². The van der Waals surface area contributed by atoms with Gasteiger partial charge < -0.3 is 10.1 Å². The van der Waals surface area contributed by atoms with Crippen LogP contribution in [0.3, 0.4) is 0 Å². The van der Waals surface area contributed by atoms with Crippen molar-refractivity contribution < 1.29 is 9.53 Å². The summed E-state index contributed by atoms with van der Waals surface area (Å²) in [5.41, 5.74) is 0. The summed E-state index contributed by atoms with van der Waals surface area (Å²) in [7, 11) is 0. The number of rotatable bonds is 7. The molecule has 0 saturated heterocycles. The molecule has 0 aliphatic heterocycles. The number of ether oxygens (including phenoxy) is 1. The zero-order chi connectivity index (χ0) is 13.4. The van der Waals surface area contributed by atoms with Gasteiger partial charge in [-0.1, -0.05) is 26.7 Å². The zero-order valence-electron chi connectivity index (χ0n) is 11.9. The van der Waals surface area contributed by atoms with Crippen LogP contribution in [0.4, 0.5) is 0 Å². The molecule has 0 spiro atoms. The second-order valence-corrected chi connectivity index (χ2v) is 6.42. The van der Waals surface area contributed by atoms with Crippen LogP contribution >= 0.6 is 11.8 Å². The van der Waals surface area contributed by atoms with Crippen molar-refractivity contribution in [3.63, 3.8) is 0 Å². The highest BCUT2D eigenvalue weighted by Gasteiger charge is 2.23. The topological polar surface area (TPSA) is 38.3 Å². The van der Waals surface area contributed by atoms with E-state index in [1.54, 1.807) is 0 Å². The predicted octanol–water partition coefficient (Wildman–Crippen LogP) is 2.84. The van der Waals surface area contributed by atoms with E-state index in [9.17, 15) is 4.79 Å². The van der Waals surface area contributed by atoms with E-state index in [1.807, 2.05) is 25.6 Å². The van der Waals surface area contributed by atoms with Crippen LogP contribution in [0.15, 0.2) is 0 Å². The highest BCUT2D eigenvalue weighted by molar-refractivity contribution is 7.99. The second-order valence-electron chi connectivity index (χ2n) is 5.09. The molecule has 0 bridgehead atoms. The van der Waals surface area contributed by atoms with E-state index in [1.165, 1.54) is 25.7 Å². The van der Waals surface area contributed by atoms with Gasteiger partial charge in [-0.25, -0.2) is 0 Å². The number of thioether (sulfide) groups is 1. The van der Waals surface area contributed by atoms with Crippen LogP contribution in [0.25, 0.3) is 0 Å². The molecule has 4 heteroatoms. The van der Waals surface area contributed by atoms with Crippen LogP contribution in [-0.2, 0) is 9.53 Å². The summed E-state index contributed by atoms with van der Waals surface area (Å²) >= 11 is 1.94. The Kier molecular flexibility index (Phi) is 7.75. The number of hydrogen-bond donors (Lipinski definition) is 1. The first-order valence-electron chi connectivity index (χ1n) is 7.19. The van der Waals surface area contributed by atoms with Gasteiger partial charge in [0.05, 0.1) is 6.61 Å². The van der Waals surface area contributed by atoms with Crippen LogP contribution < -0.4 is 5.32 Å². The summed E-state index contributed by atoms with van der Waals surface area (Å²) in [5.74, 6) is 1.58. The fraction of sp³-hybridized carbons (Fsp3) is 0.929. The third-order valence-electron chi connectivity index (χ3n) is 3.41. The van der Waals surface area contributed by atoms with E-state index < -0.39 is 0 Å². The van der Waals surface area contributed by atoms with Crippen molar-refractivity contribution in [1.82, 2.24) is 5.32 Å². The third kappa shape index (κ3) is 5.61. The van der Waals surface area contributed by atoms with Gasteiger partial charge in [0, 0.05) is 11.0 Å². The lowest BCUT2D eigenvalue weighted by molar-refractivity contribution is -0.144. The van der Waals surface area contributed by atoms with Gasteiger partial charge >= 0.3 is 5.97 Å². The Hall–Kier alpha value is -0.220. The second kappa shape index (κ2) is 8.81. The van der Waals surface area contributed by atoms with Gasteiger partial charge in [0.1, 0.15) is 6.04 Å². The Bertz CT molecular complexity index is 248. The van der Waals surface area contributed by atoms with Crippen molar-refractivity contribution in [2.24, 2.45) is 5.92 Å². The molecule has 0 heterocycles. The van der Waals surface area contributed by atoms with Gasteiger partial charge in [0.15, 0.2) is 0 Å². The predicted molar refractivity (Wildman–Crippen MR) is 78.0 cm³/mol. The monoisotopic (exact) mass is 273 g/mol. The minimum Gasteiger partial charge on any atom is -0.465 e. The van der Waals surface area contributed by atoms with E-state index in [4.69, 9.17) is 4.74 Å². The van der Waals surface area contributed by atoms with Crippen LogP contribution in [-0.4, -0.2) is 36.2 Å². The van der Waals surface area contributed by atoms with E-state index in [0.717, 1.165) is 23.5 Å². The molecule has 0 amide bonds. The van der Waals surface area contributed by atoms with Crippen LogP contribution in [0.5, 0.6) is 0 Å². The maximum Gasteiger partial charge on any atom is 0.323 e. The summed E-state index contributed by atoms with van der Waals surface area (Å²) in [4.78, 5) is 11.8. The SMILES string of the molecule is CCNC(CSC1CCCC(C)C1)C(=O)OCC. The van der Waals surface area contributed by atoms with Crippen LogP contribution in [0.2, 0.25) is 0 Å². The average Bonchev–Trinajstić information content (AvgIpc) is 2.35. The smallest absolute Gasteiger partial charge is 0.323 e. The molecule has 3 unspecified atom stereocenters. The van der Waals surface area contributed by atoms with E-state index >= 15 is 0 Å². The molecule has 1 aliphatic rings. The van der Waals surface area contributed by atoms with Gasteiger partial charge in [0.25, 0.3) is 0 Å². The largest absolute Gasteiger partial charge is 0.465 e. The lowest BCUT2D eigenvalue weighted by Crippen LogP contribution is -2.40. The number of esters is 1. The first kappa shape index (κ1) is 15.8. The molecule has 0 aromatic carbocycles. The number of likely N-dealkylation sites (N-methyl/N-ethyl adjacent to an activating group) is 1. The molecule has 0 aromatic heterocycles. The Morgan fingerprint density at radius 1 is 1.44 bits per heavy atom. The molecule has 106 valence electrons. The highest BCUT2D eigenvalue weighted by atomic mass is 32.2. The Morgan fingerprint density at radius 3 is 2.83 bits per heavy atom. The summed E-state index contributed by atoms with van der Waals surface area (Å²) in [5, 5.41) is 3.95. The number of carbonyl (C=O) groups excluding carboxylic acids is 1. The van der Waals surface area contributed by atoms with E-state index in [2.05, 4.69) is 12.2 Å². The van der Waals surface area contributed by atoms with Crippen molar-refractivity contribution in [2.75, 3.05) is 18.9 Å². The molecule has 1 N–H and O–H groups in total. The maximum absolute atomic E-state index is 11.8. The standard InChI is InChI=1S/C14H27NO2S/c1-4-15-13(14(16)17-5-2)10-18-12-8-6-7-11(3)9-12/h11-13,15H,4-10H2,1-3H3. The molecule has 0 aromatic rings. The molecule has 1 aliphatic carbocycles. The highest BCUT2D eigenvalue weighted by Crippen LogP contribution is 2.32. The van der Waals surface area contributed by atoms with Gasteiger partial charge in [-0.15, -0.1) is 0 Å². The molecule has 1 saturated carbocycles. The Labute approximate surface area is 115 Å².